The molecule has 1 amide bonds. The van der Waals surface area contributed by atoms with Gasteiger partial charge < -0.3 is 14.6 Å². The number of carboxylic acid groups (broad SMARTS) is 1. The Balaban J connectivity index is 1.62. The minimum Gasteiger partial charge on any atom is -0.546 e. The van der Waals surface area contributed by atoms with Crippen LogP contribution in [0.3, 0.4) is 0 Å². The van der Waals surface area contributed by atoms with E-state index >= 15 is 0 Å². The molecule has 0 saturated carbocycles. The van der Waals surface area contributed by atoms with Crippen molar-refractivity contribution in [3.05, 3.63) is 54.1 Å². The second-order valence-electron chi connectivity index (χ2n) is 5.23. The zero-order valence-electron chi connectivity index (χ0n) is 13.5. The molecule has 0 saturated heterocycles. The van der Waals surface area contributed by atoms with E-state index in [1.54, 1.807) is 30.3 Å². The first-order chi connectivity index (χ1) is 12.6. The molecule has 3 aromatic rings. The molecule has 2 aromatic carbocycles. The molecule has 3 rings (SSSR count). The second kappa shape index (κ2) is 7.88. The predicted octanol–water partition coefficient (Wildman–Crippen LogP) is -0.290. The number of benzene rings is 2. The van der Waals surface area contributed by atoms with Gasteiger partial charge in [-0.1, -0.05) is 29.5 Å². The lowest BCUT2D eigenvalue weighted by molar-refractivity contribution is -0.307. The fourth-order valence-corrected chi connectivity index (χ4v) is 2.23. The maximum atomic E-state index is 12.0. The molecule has 0 radical (unpaired) electrons. The molecule has 0 fully saturated rings. The summed E-state index contributed by atoms with van der Waals surface area (Å²) in [6.07, 6.45) is 1.36. The van der Waals surface area contributed by atoms with E-state index in [1.807, 2.05) is 18.2 Å². The first-order valence-electron chi connectivity index (χ1n) is 7.65. The van der Waals surface area contributed by atoms with E-state index in [2.05, 4.69) is 20.8 Å². The van der Waals surface area contributed by atoms with Crippen molar-refractivity contribution in [2.45, 2.75) is 6.54 Å². The number of aliphatic carboxylic acids is 1. The van der Waals surface area contributed by atoms with Crippen LogP contribution in [0.25, 0.3) is 11.0 Å². The molecule has 0 atom stereocenters. The van der Waals surface area contributed by atoms with Crippen molar-refractivity contribution in [1.29, 1.82) is 0 Å². The molecule has 1 aromatic heterocycles. The van der Waals surface area contributed by atoms with E-state index in [1.165, 1.54) is 10.9 Å². The summed E-state index contributed by atoms with van der Waals surface area (Å²) < 4.78 is 6.57. The zero-order valence-corrected chi connectivity index (χ0v) is 13.5. The number of carbonyl (C=O) groups is 2. The minimum absolute atomic E-state index is 0.0410. The molecule has 0 bridgehead atoms. The van der Waals surface area contributed by atoms with E-state index in [0.29, 0.717) is 16.8 Å². The SMILES string of the molecule is O=C([O-])COc1ccccc1/C=N\NC(=O)Cn1nnc2ccccc21. The maximum Gasteiger partial charge on any atom is 0.261 e. The number of aromatic nitrogens is 3. The highest BCUT2D eigenvalue weighted by Crippen LogP contribution is 2.15. The molecule has 9 heteroatoms. The van der Waals surface area contributed by atoms with Gasteiger partial charge in [0, 0.05) is 5.56 Å². The van der Waals surface area contributed by atoms with Crippen LogP contribution in [0, 0.1) is 0 Å². The predicted molar refractivity (Wildman–Crippen MR) is 90.2 cm³/mol. The van der Waals surface area contributed by atoms with Gasteiger partial charge >= 0.3 is 0 Å². The van der Waals surface area contributed by atoms with Crippen molar-refractivity contribution in [1.82, 2.24) is 20.4 Å². The molecule has 26 heavy (non-hydrogen) atoms. The number of hydrogen-bond acceptors (Lipinski definition) is 7. The van der Waals surface area contributed by atoms with E-state index in [0.717, 1.165) is 5.52 Å². The summed E-state index contributed by atoms with van der Waals surface area (Å²) in [5, 5.41) is 22.3. The molecule has 1 N–H and O–H groups in total. The summed E-state index contributed by atoms with van der Waals surface area (Å²) in [5.41, 5.74) is 4.34. The van der Waals surface area contributed by atoms with Crippen LogP contribution in [0.15, 0.2) is 53.6 Å². The van der Waals surface area contributed by atoms with Crippen molar-refractivity contribution < 1.29 is 19.4 Å². The number of rotatable bonds is 7. The summed E-state index contributed by atoms with van der Waals surface area (Å²) >= 11 is 0. The maximum absolute atomic E-state index is 12.0. The van der Waals surface area contributed by atoms with Gasteiger partial charge in [-0.2, -0.15) is 5.10 Å². The smallest absolute Gasteiger partial charge is 0.261 e. The van der Waals surface area contributed by atoms with Gasteiger partial charge in [-0.15, -0.1) is 5.10 Å². The second-order valence-corrected chi connectivity index (χ2v) is 5.23. The Kier molecular flexibility index (Phi) is 5.18. The van der Waals surface area contributed by atoms with Gasteiger partial charge in [-0.05, 0) is 24.3 Å². The van der Waals surface area contributed by atoms with Gasteiger partial charge in [0.15, 0.2) is 0 Å². The molecule has 132 valence electrons. The molecular formula is C17H14N5O4-. The lowest BCUT2D eigenvalue weighted by atomic mass is 10.2. The summed E-state index contributed by atoms with van der Waals surface area (Å²) in [5.74, 6) is -1.40. The Morgan fingerprint density at radius 3 is 2.81 bits per heavy atom. The Labute approximate surface area is 147 Å². The molecule has 0 unspecified atom stereocenters. The van der Waals surface area contributed by atoms with Gasteiger partial charge in [-0.3, -0.25) is 4.79 Å². The number of hydrogen-bond donors (Lipinski definition) is 1. The highest BCUT2D eigenvalue weighted by atomic mass is 16.5. The number of carbonyl (C=O) groups excluding carboxylic acids is 2. The van der Waals surface area contributed by atoms with Crippen molar-refractivity contribution in [3.8, 4) is 5.75 Å². The average Bonchev–Trinajstić information content (AvgIpc) is 3.04. The van der Waals surface area contributed by atoms with Crippen LogP contribution in [-0.2, 0) is 16.1 Å². The minimum atomic E-state index is -1.33. The van der Waals surface area contributed by atoms with Crippen molar-refractivity contribution in [2.24, 2.45) is 5.10 Å². The van der Waals surface area contributed by atoms with Gasteiger partial charge in [0.2, 0.25) is 0 Å². The normalized spacial score (nSPS) is 10.9. The fraction of sp³-hybridized carbons (Fsp3) is 0.118. The van der Waals surface area contributed by atoms with E-state index < -0.39 is 12.6 Å². The zero-order chi connectivity index (χ0) is 18.4. The van der Waals surface area contributed by atoms with Crippen molar-refractivity contribution >= 4 is 29.1 Å². The average molecular weight is 352 g/mol. The largest absolute Gasteiger partial charge is 0.546 e. The highest BCUT2D eigenvalue weighted by molar-refractivity contribution is 5.85. The van der Waals surface area contributed by atoms with Gasteiger partial charge in [0.1, 0.15) is 24.4 Å². The molecule has 1 heterocycles. The third-order valence-electron chi connectivity index (χ3n) is 3.37. The van der Waals surface area contributed by atoms with Gasteiger partial charge in [-0.25, -0.2) is 10.1 Å². The number of nitrogens with zero attached hydrogens (tertiary/aromatic N) is 4. The number of hydrazone groups is 1. The number of fused-ring (bicyclic) bond motifs is 1. The first kappa shape index (κ1) is 17.1. The number of para-hydroxylation sites is 2. The van der Waals surface area contributed by atoms with Crippen molar-refractivity contribution in [2.75, 3.05) is 6.61 Å². The topological polar surface area (TPSA) is 122 Å². The van der Waals surface area contributed by atoms with Crippen LogP contribution < -0.4 is 15.3 Å². The molecule has 0 aliphatic rings. The summed E-state index contributed by atoms with van der Waals surface area (Å²) in [6.45, 7) is -0.614. The van der Waals surface area contributed by atoms with E-state index in [9.17, 15) is 14.7 Å². The Morgan fingerprint density at radius 1 is 1.19 bits per heavy atom. The third kappa shape index (κ3) is 4.20. The lowest BCUT2D eigenvalue weighted by Gasteiger charge is -2.09. The standard InChI is InChI=1S/C17H15N5O4/c23-16(10-22-14-7-3-2-6-13(14)19-21-22)20-18-9-12-5-1-4-8-15(12)26-11-17(24)25/h1-9H,10-11H2,(H,20,23)(H,24,25)/p-1/b18-9-. The molecular weight excluding hydrogens is 338 g/mol. The number of carboxylic acids is 1. The third-order valence-corrected chi connectivity index (χ3v) is 3.37. The first-order valence-corrected chi connectivity index (χ1v) is 7.65. The molecule has 0 aliphatic carbocycles. The van der Waals surface area contributed by atoms with Crippen molar-refractivity contribution in [3.63, 3.8) is 0 Å². The fourth-order valence-electron chi connectivity index (χ4n) is 2.23. The lowest BCUT2D eigenvalue weighted by Crippen LogP contribution is -2.29. The molecule has 0 spiro atoms. The van der Waals surface area contributed by atoms with Crippen LogP contribution >= 0.6 is 0 Å². The Bertz CT molecular complexity index is 966. The van der Waals surface area contributed by atoms with Crippen LogP contribution in [0.4, 0.5) is 0 Å². The summed E-state index contributed by atoms with van der Waals surface area (Å²) in [6, 6.07) is 14.0. The summed E-state index contributed by atoms with van der Waals surface area (Å²) in [4.78, 5) is 22.5. The number of ether oxygens (including phenoxy) is 1. The monoisotopic (exact) mass is 352 g/mol. The van der Waals surface area contributed by atoms with Crippen LogP contribution in [0.1, 0.15) is 5.56 Å². The molecule has 0 aliphatic heterocycles. The van der Waals surface area contributed by atoms with E-state index in [4.69, 9.17) is 4.74 Å². The van der Waals surface area contributed by atoms with E-state index in [-0.39, 0.29) is 12.5 Å². The number of nitrogens with one attached hydrogen (secondary N) is 1. The van der Waals surface area contributed by atoms with Crippen LogP contribution in [-0.4, -0.2) is 39.7 Å². The highest BCUT2D eigenvalue weighted by Gasteiger charge is 2.07. The molecule has 9 nitrogen and oxygen atoms in total. The van der Waals surface area contributed by atoms with Gasteiger partial charge in [0.25, 0.3) is 5.91 Å². The quantitative estimate of drug-likeness (QED) is 0.461. The van der Waals surface area contributed by atoms with Crippen LogP contribution in [0.2, 0.25) is 0 Å². The Hall–Kier alpha value is -3.75. The Morgan fingerprint density at radius 2 is 1.96 bits per heavy atom. The van der Waals surface area contributed by atoms with Gasteiger partial charge in [0.05, 0.1) is 17.7 Å². The van der Waals surface area contributed by atoms with Crippen LogP contribution in [0.5, 0.6) is 5.75 Å². The summed E-state index contributed by atoms with van der Waals surface area (Å²) in [7, 11) is 0. The number of amides is 1.